The van der Waals surface area contributed by atoms with Crippen LogP contribution in [0.4, 0.5) is 5.82 Å². The topological polar surface area (TPSA) is 63.8 Å². The van der Waals surface area contributed by atoms with Crippen LogP contribution in [0.15, 0.2) is 42.0 Å². The minimum Gasteiger partial charge on any atom is -0.384 e. The summed E-state index contributed by atoms with van der Waals surface area (Å²) in [5.41, 5.74) is 9.15. The van der Waals surface area contributed by atoms with Gasteiger partial charge in [0.25, 0.3) is 0 Å². The number of rotatable bonds is 4. The molecule has 3 aromatic heterocycles. The maximum absolute atomic E-state index is 5.73. The third-order valence-corrected chi connectivity index (χ3v) is 4.21. The van der Waals surface area contributed by atoms with Crippen molar-refractivity contribution in [3.05, 3.63) is 53.2 Å². The number of hydrogen-bond acceptors (Lipinski definition) is 5. The SMILES string of the molecule is CNC(Cc1ccnc(N)c1)c1cnc2ccsc2c1. The van der Waals surface area contributed by atoms with Crippen LogP contribution in [0.1, 0.15) is 17.2 Å². The number of aromatic nitrogens is 2. The molecule has 3 rings (SSSR count). The summed E-state index contributed by atoms with van der Waals surface area (Å²) in [6.45, 7) is 0. The molecule has 4 nitrogen and oxygen atoms in total. The van der Waals surface area contributed by atoms with Gasteiger partial charge in [0.1, 0.15) is 5.82 Å². The second-order valence-electron chi connectivity index (χ2n) is 4.71. The summed E-state index contributed by atoms with van der Waals surface area (Å²) in [7, 11) is 1.97. The van der Waals surface area contributed by atoms with Gasteiger partial charge in [-0.25, -0.2) is 4.98 Å². The van der Waals surface area contributed by atoms with Crippen molar-refractivity contribution in [2.75, 3.05) is 12.8 Å². The molecule has 3 N–H and O–H groups in total. The van der Waals surface area contributed by atoms with E-state index in [2.05, 4.69) is 26.7 Å². The van der Waals surface area contributed by atoms with Crippen LogP contribution in [0, 0.1) is 0 Å². The highest BCUT2D eigenvalue weighted by Gasteiger charge is 2.12. The van der Waals surface area contributed by atoms with Crippen LogP contribution in [0.25, 0.3) is 10.2 Å². The van der Waals surface area contributed by atoms with Crippen LogP contribution in [-0.2, 0) is 6.42 Å². The van der Waals surface area contributed by atoms with E-state index in [-0.39, 0.29) is 6.04 Å². The molecule has 1 atom stereocenters. The fraction of sp³-hybridized carbons (Fsp3) is 0.200. The van der Waals surface area contributed by atoms with Crippen LogP contribution in [-0.4, -0.2) is 17.0 Å². The molecule has 3 aromatic rings. The molecule has 0 aliphatic carbocycles. The molecule has 0 aliphatic rings. The molecule has 0 radical (unpaired) electrons. The Morgan fingerprint density at radius 1 is 1.30 bits per heavy atom. The van der Waals surface area contributed by atoms with Crippen molar-refractivity contribution < 1.29 is 0 Å². The van der Waals surface area contributed by atoms with E-state index < -0.39 is 0 Å². The zero-order valence-electron chi connectivity index (χ0n) is 11.2. The lowest BCUT2D eigenvalue weighted by atomic mass is 10.0. The van der Waals surface area contributed by atoms with Gasteiger partial charge in [0.15, 0.2) is 0 Å². The zero-order chi connectivity index (χ0) is 13.9. The third kappa shape index (κ3) is 2.64. The number of anilines is 1. The van der Waals surface area contributed by atoms with Gasteiger partial charge in [-0.05, 0) is 54.2 Å². The largest absolute Gasteiger partial charge is 0.384 e. The van der Waals surface area contributed by atoms with Crippen LogP contribution in [0.5, 0.6) is 0 Å². The summed E-state index contributed by atoms with van der Waals surface area (Å²) in [4.78, 5) is 8.53. The maximum Gasteiger partial charge on any atom is 0.123 e. The second kappa shape index (κ2) is 5.56. The molecule has 0 bridgehead atoms. The highest BCUT2D eigenvalue weighted by atomic mass is 32.1. The van der Waals surface area contributed by atoms with E-state index >= 15 is 0 Å². The molecule has 3 heterocycles. The smallest absolute Gasteiger partial charge is 0.123 e. The van der Waals surface area contributed by atoms with E-state index in [9.17, 15) is 0 Å². The number of thiophene rings is 1. The predicted octanol–water partition coefficient (Wildman–Crippen LogP) is 2.78. The van der Waals surface area contributed by atoms with Gasteiger partial charge in [-0.15, -0.1) is 11.3 Å². The van der Waals surface area contributed by atoms with E-state index in [1.165, 1.54) is 15.8 Å². The summed E-state index contributed by atoms with van der Waals surface area (Å²) >= 11 is 1.72. The lowest BCUT2D eigenvalue weighted by Gasteiger charge is -2.16. The Balaban J connectivity index is 1.88. The monoisotopic (exact) mass is 284 g/mol. The first kappa shape index (κ1) is 13.0. The fourth-order valence-electron chi connectivity index (χ4n) is 2.30. The van der Waals surface area contributed by atoms with E-state index in [1.54, 1.807) is 17.5 Å². The maximum atomic E-state index is 5.73. The summed E-state index contributed by atoms with van der Waals surface area (Å²) in [6.07, 6.45) is 4.56. The molecule has 0 spiro atoms. The number of nitrogens with two attached hydrogens (primary N) is 1. The molecule has 0 saturated heterocycles. The van der Waals surface area contributed by atoms with Gasteiger partial charge in [-0.2, -0.15) is 0 Å². The van der Waals surface area contributed by atoms with Crippen LogP contribution in [0.2, 0.25) is 0 Å². The molecule has 0 amide bonds. The van der Waals surface area contributed by atoms with Crippen molar-refractivity contribution in [3.8, 4) is 0 Å². The Hall–Kier alpha value is -1.98. The third-order valence-electron chi connectivity index (χ3n) is 3.36. The van der Waals surface area contributed by atoms with Crippen molar-refractivity contribution in [2.24, 2.45) is 0 Å². The summed E-state index contributed by atoms with van der Waals surface area (Å²) in [5.74, 6) is 0.559. The van der Waals surface area contributed by atoms with Gasteiger partial charge in [0.2, 0.25) is 0 Å². The Kier molecular flexibility index (Phi) is 3.62. The Bertz CT molecular complexity index is 722. The lowest BCUT2D eigenvalue weighted by molar-refractivity contribution is 0.591. The van der Waals surface area contributed by atoms with E-state index in [1.807, 2.05) is 31.4 Å². The minimum absolute atomic E-state index is 0.218. The number of nitrogen functional groups attached to an aromatic ring is 1. The van der Waals surface area contributed by atoms with Crippen molar-refractivity contribution in [2.45, 2.75) is 12.5 Å². The molecule has 0 fully saturated rings. The summed E-state index contributed by atoms with van der Waals surface area (Å²) in [6, 6.07) is 8.38. The Labute approximate surface area is 121 Å². The van der Waals surface area contributed by atoms with E-state index in [0.29, 0.717) is 5.82 Å². The molecule has 0 saturated carbocycles. The van der Waals surface area contributed by atoms with Crippen molar-refractivity contribution in [1.82, 2.24) is 15.3 Å². The molecular formula is C15H16N4S. The number of hydrogen-bond donors (Lipinski definition) is 2. The van der Waals surface area contributed by atoms with Crippen LogP contribution in [0.3, 0.4) is 0 Å². The standard InChI is InChI=1S/C15H16N4S/c1-17-13(6-10-2-4-18-15(16)7-10)11-8-14-12(19-9-11)3-5-20-14/h2-5,7-9,13,17H,6H2,1H3,(H2,16,18). The normalized spacial score (nSPS) is 12.7. The average Bonchev–Trinajstić information content (AvgIpc) is 2.92. The highest BCUT2D eigenvalue weighted by molar-refractivity contribution is 7.17. The highest BCUT2D eigenvalue weighted by Crippen LogP contribution is 2.24. The van der Waals surface area contributed by atoms with Crippen molar-refractivity contribution >= 4 is 27.4 Å². The molecule has 5 heteroatoms. The fourth-order valence-corrected chi connectivity index (χ4v) is 3.08. The number of nitrogens with one attached hydrogen (secondary N) is 1. The van der Waals surface area contributed by atoms with Gasteiger partial charge in [-0.3, -0.25) is 4.98 Å². The van der Waals surface area contributed by atoms with Gasteiger partial charge < -0.3 is 11.1 Å². The predicted molar refractivity (Wildman–Crippen MR) is 83.8 cm³/mol. The molecule has 0 aromatic carbocycles. The molecule has 20 heavy (non-hydrogen) atoms. The average molecular weight is 284 g/mol. The number of pyridine rings is 2. The first-order valence-electron chi connectivity index (χ1n) is 6.47. The van der Waals surface area contributed by atoms with Gasteiger partial charge in [0.05, 0.1) is 10.2 Å². The number of fused-ring (bicyclic) bond motifs is 1. The summed E-state index contributed by atoms with van der Waals surface area (Å²) in [5, 5.41) is 5.42. The Morgan fingerprint density at radius 3 is 3.00 bits per heavy atom. The molecule has 1 unspecified atom stereocenters. The van der Waals surface area contributed by atoms with E-state index in [4.69, 9.17) is 5.73 Å². The number of likely N-dealkylation sites (N-methyl/N-ethyl adjacent to an activating group) is 1. The van der Waals surface area contributed by atoms with Gasteiger partial charge in [-0.1, -0.05) is 0 Å². The van der Waals surface area contributed by atoms with Gasteiger partial charge >= 0.3 is 0 Å². The first-order valence-corrected chi connectivity index (χ1v) is 7.35. The zero-order valence-corrected chi connectivity index (χ0v) is 12.0. The molecule has 102 valence electrons. The lowest BCUT2D eigenvalue weighted by Crippen LogP contribution is -2.19. The minimum atomic E-state index is 0.218. The van der Waals surface area contributed by atoms with Crippen LogP contribution >= 0.6 is 11.3 Å². The summed E-state index contributed by atoms with van der Waals surface area (Å²) < 4.78 is 1.22. The second-order valence-corrected chi connectivity index (χ2v) is 5.65. The van der Waals surface area contributed by atoms with Gasteiger partial charge in [0, 0.05) is 18.4 Å². The van der Waals surface area contributed by atoms with Crippen LogP contribution < -0.4 is 11.1 Å². The molecule has 0 aliphatic heterocycles. The Morgan fingerprint density at radius 2 is 2.20 bits per heavy atom. The molecular weight excluding hydrogens is 268 g/mol. The van der Waals surface area contributed by atoms with Crippen molar-refractivity contribution in [3.63, 3.8) is 0 Å². The quantitative estimate of drug-likeness (QED) is 0.773. The van der Waals surface area contributed by atoms with E-state index in [0.717, 1.165) is 11.9 Å². The first-order chi connectivity index (χ1) is 9.76. The number of nitrogens with zero attached hydrogens (tertiary/aromatic N) is 2. The van der Waals surface area contributed by atoms with Crippen molar-refractivity contribution in [1.29, 1.82) is 0 Å².